The third-order valence-corrected chi connectivity index (χ3v) is 4.69. The minimum Gasteiger partial charge on any atom is -0.459 e. The molecule has 0 fully saturated rings. The van der Waals surface area contributed by atoms with Crippen molar-refractivity contribution in [2.24, 2.45) is 0 Å². The Kier molecular flexibility index (Phi) is 7.84. The fraction of sp³-hybridized carbons (Fsp3) is 0.636. The van der Waals surface area contributed by atoms with E-state index in [4.69, 9.17) is 4.74 Å². The molecule has 0 aromatic heterocycles. The zero-order valence-electron chi connectivity index (χ0n) is 17.3. The highest BCUT2D eigenvalue weighted by Crippen LogP contribution is 2.24. The van der Waals surface area contributed by atoms with E-state index in [-0.39, 0.29) is 18.4 Å². The van der Waals surface area contributed by atoms with E-state index < -0.39 is 5.60 Å². The summed E-state index contributed by atoms with van der Waals surface area (Å²) < 4.78 is 5.52. The Morgan fingerprint density at radius 1 is 1.00 bits per heavy atom. The summed E-state index contributed by atoms with van der Waals surface area (Å²) in [6.07, 6.45) is 5.52. The van der Waals surface area contributed by atoms with E-state index in [1.807, 2.05) is 43.9 Å². The van der Waals surface area contributed by atoms with Crippen LogP contribution < -0.4 is 4.90 Å². The number of benzene rings is 1. The maximum absolute atomic E-state index is 12.4. The van der Waals surface area contributed by atoms with Crippen molar-refractivity contribution in [2.45, 2.75) is 71.9 Å². The van der Waals surface area contributed by atoms with Gasteiger partial charge < -0.3 is 9.64 Å². The van der Waals surface area contributed by atoms with Gasteiger partial charge in [0.05, 0.1) is 6.54 Å². The first-order valence-electron chi connectivity index (χ1n) is 10.1. The summed E-state index contributed by atoms with van der Waals surface area (Å²) in [7, 11) is 0. The lowest BCUT2D eigenvalue weighted by atomic mass is 10.1. The van der Waals surface area contributed by atoms with E-state index in [0.29, 0.717) is 6.54 Å². The minimum atomic E-state index is -0.479. The molecule has 1 amide bonds. The molecule has 5 heteroatoms. The molecule has 0 saturated carbocycles. The number of fused-ring (bicyclic) bond motifs is 1. The summed E-state index contributed by atoms with van der Waals surface area (Å²) in [5.41, 5.74) is 1.56. The zero-order chi connectivity index (χ0) is 19.9. The van der Waals surface area contributed by atoms with E-state index in [9.17, 15) is 9.59 Å². The van der Waals surface area contributed by atoms with Crippen LogP contribution in [0, 0.1) is 0 Å². The van der Waals surface area contributed by atoms with Crippen LogP contribution in [0.3, 0.4) is 0 Å². The molecule has 1 aromatic rings. The summed E-state index contributed by atoms with van der Waals surface area (Å²) >= 11 is 0. The highest BCUT2D eigenvalue weighted by Gasteiger charge is 2.21. The monoisotopic (exact) mass is 374 g/mol. The minimum absolute atomic E-state index is 0.0678. The van der Waals surface area contributed by atoms with E-state index in [1.165, 1.54) is 0 Å². The van der Waals surface area contributed by atoms with Gasteiger partial charge >= 0.3 is 5.97 Å². The van der Waals surface area contributed by atoms with Crippen LogP contribution in [-0.2, 0) is 20.9 Å². The Bertz CT molecular complexity index is 637. The number of carbonyl (C=O) groups is 2. The highest BCUT2D eigenvalue weighted by molar-refractivity contribution is 5.92. The molecule has 0 unspecified atom stereocenters. The molecular weight excluding hydrogens is 340 g/mol. The Morgan fingerprint density at radius 3 is 2.30 bits per heavy atom. The van der Waals surface area contributed by atoms with Gasteiger partial charge in [0.2, 0.25) is 5.91 Å². The van der Waals surface area contributed by atoms with Crippen LogP contribution in [0.25, 0.3) is 0 Å². The average molecular weight is 375 g/mol. The molecule has 27 heavy (non-hydrogen) atoms. The molecule has 0 N–H and O–H groups in total. The van der Waals surface area contributed by atoms with Crippen molar-refractivity contribution in [3.05, 3.63) is 29.8 Å². The quantitative estimate of drug-likeness (QED) is 0.730. The fourth-order valence-corrected chi connectivity index (χ4v) is 3.50. The van der Waals surface area contributed by atoms with Gasteiger partial charge in [0.25, 0.3) is 0 Å². The number of hydrogen-bond acceptors (Lipinski definition) is 4. The molecule has 0 saturated heterocycles. The van der Waals surface area contributed by atoms with Crippen LogP contribution >= 0.6 is 0 Å². The predicted octanol–water partition coefficient (Wildman–Crippen LogP) is 4.15. The summed E-state index contributed by atoms with van der Waals surface area (Å²) in [6.45, 7) is 9.81. The standard InChI is InChI=1S/C22H34N2O3/c1-18(25)24-15-11-7-5-6-10-14-23(17-21(26)27-22(2,3)4)16-19-12-8-9-13-20(19)24/h8-9,12-13H,5-7,10-11,14-17H2,1-4H3. The van der Waals surface area contributed by atoms with Crippen LogP contribution in [-0.4, -0.2) is 42.0 Å². The first-order chi connectivity index (χ1) is 12.8. The largest absolute Gasteiger partial charge is 0.459 e. The van der Waals surface area contributed by atoms with E-state index in [1.54, 1.807) is 6.92 Å². The maximum Gasteiger partial charge on any atom is 0.320 e. The number of para-hydroxylation sites is 1. The molecule has 1 aromatic carbocycles. The Balaban J connectivity index is 2.23. The van der Waals surface area contributed by atoms with Crippen molar-refractivity contribution in [3.8, 4) is 0 Å². The summed E-state index contributed by atoms with van der Waals surface area (Å²) in [5, 5.41) is 0. The van der Waals surface area contributed by atoms with Crippen LogP contribution in [0.5, 0.6) is 0 Å². The molecule has 0 bridgehead atoms. The van der Waals surface area contributed by atoms with Gasteiger partial charge in [-0.05, 0) is 51.8 Å². The second-order valence-corrected chi connectivity index (χ2v) is 8.36. The summed E-state index contributed by atoms with van der Waals surface area (Å²) in [6, 6.07) is 8.03. The van der Waals surface area contributed by atoms with Crippen LogP contribution in [0.15, 0.2) is 24.3 Å². The van der Waals surface area contributed by atoms with Gasteiger partial charge in [0, 0.05) is 25.7 Å². The first-order valence-corrected chi connectivity index (χ1v) is 10.1. The zero-order valence-corrected chi connectivity index (χ0v) is 17.3. The van der Waals surface area contributed by atoms with Gasteiger partial charge in [-0.3, -0.25) is 14.5 Å². The van der Waals surface area contributed by atoms with Gasteiger partial charge in [0.1, 0.15) is 5.60 Å². The third kappa shape index (κ3) is 7.33. The molecule has 150 valence electrons. The number of rotatable bonds is 2. The molecule has 0 radical (unpaired) electrons. The van der Waals surface area contributed by atoms with Crippen molar-refractivity contribution in [1.29, 1.82) is 0 Å². The van der Waals surface area contributed by atoms with Gasteiger partial charge in [-0.1, -0.05) is 37.5 Å². The van der Waals surface area contributed by atoms with Crippen LogP contribution in [0.4, 0.5) is 5.69 Å². The highest BCUT2D eigenvalue weighted by atomic mass is 16.6. The lowest BCUT2D eigenvalue weighted by Gasteiger charge is -2.29. The van der Waals surface area contributed by atoms with Crippen LogP contribution in [0.1, 0.15) is 65.4 Å². The summed E-state index contributed by atoms with van der Waals surface area (Å²) in [4.78, 5) is 28.6. The van der Waals surface area contributed by atoms with Crippen molar-refractivity contribution < 1.29 is 14.3 Å². The maximum atomic E-state index is 12.4. The van der Waals surface area contributed by atoms with Crippen molar-refractivity contribution in [3.63, 3.8) is 0 Å². The SMILES string of the molecule is CC(=O)N1CCCCCCCN(CC(=O)OC(C)(C)C)Cc2ccccc21. The molecule has 1 aliphatic rings. The number of nitrogens with zero attached hydrogens (tertiary/aromatic N) is 2. The van der Waals surface area contributed by atoms with Gasteiger partial charge in [-0.2, -0.15) is 0 Å². The number of hydrogen-bond donors (Lipinski definition) is 0. The second kappa shape index (κ2) is 9.88. The lowest BCUT2D eigenvalue weighted by molar-refractivity contribution is -0.156. The molecule has 0 atom stereocenters. The molecule has 5 nitrogen and oxygen atoms in total. The van der Waals surface area contributed by atoms with E-state index in [0.717, 1.165) is 56.4 Å². The predicted molar refractivity (Wildman–Crippen MR) is 109 cm³/mol. The summed E-state index contributed by atoms with van der Waals surface area (Å²) in [5.74, 6) is -0.131. The normalized spacial score (nSPS) is 17.4. The lowest BCUT2D eigenvalue weighted by Crippen LogP contribution is -2.36. The molecule has 1 heterocycles. The fourth-order valence-electron chi connectivity index (χ4n) is 3.50. The van der Waals surface area contributed by atoms with E-state index >= 15 is 0 Å². The Hall–Kier alpha value is -1.88. The van der Waals surface area contributed by atoms with E-state index in [2.05, 4.69) is 11.0 Å². The topological polar surface area (TPSA) is 49.9 Å². The molecule has 0 aliphatic carbocycles. The molecule has 0 spiro atoms. The Morgan fingerprint density at radius 2 is 1.63 bits per heavy atom. The smallest absolute Gasteiger partial charge is 0.320 e. The third-order valence-electron chi connectivity index (χ3n) is 4.69. The number of carbonyl (C=O) groups excluding carboxylic acids is 2. The van der Waals surface area contributed by atoms with Gasteiger partial charge in [0.15, 0.2) is 0 Å². The first kappa shape index (κ1) is 21.4. The Labute approximate surface area is 163 Å². The average Bonchev–Trinajstić information content (AvgIpc) is 2.54. The van der Waals surface area contributed by atoms with Gasteiger partial charge in [-0.25, -0.2) is 0 Å². The van der Waals surface area contributed by atoms with Crippen molar-refractivity contribution >= 4 is 17.6 Å². The number of amides is 1. The van der Waals surface area contributed by atoms with Crippen LogP contribution in [0.2, 0.25) is 0 Å². The number of esters is 1. The number of ether oxygens (including phenoxy) is 1. The molecular formula is C22H34N2O3. The molecule has 1 aliphatic heterocycles. The number of anilines is 1. The second-order valence-electron chi connectivity index (χ2n) is 8.36. The van der Waals surface area contributed by atoms with Crippen molar-refractivity contribution in [1.82, 2.24) is 4.90 Å². The molecule has 2 rings (SSSR count). The van der Waals surface area contributed by atoms with Crippen molar-refractivity contribution in [2.75, 3.05) is 24.5 Å². The van der Waals surface area contributed by atoms with Gasteiger partial charge in [-0.15, -0.1) is 0 Å².